The maximum atomic E-state index is 13.0. The molecule has 2 aliphatic heterocycles. The van der Waals surface area contributed by atoms with Crippen molar-refractivity contribution >= 4 is 20.3 Å². The van der Waals surface area contributed by atoms with Crippen molar-refractivity contribution in [2.75, 3.05) is 6.61 Å². The number of cyclic esters (lactones) is 1. The molecule has 26 heavy (non-hydrogen) atoms. The van der Waals surface area contributed by atoms with Crippen LogP contribution >= 0.6 is 0 Å². The van der Waals surface area contributed by atoms with E-state index in [0.29, 0.717) is 5.57 Å². The summed E-state index contributed by atoms with van der Waals surface area (Å²) < 4.78 is 17.5. The molecule has 2 heterocycles. The highest BCUT2D eigenvalue weighted by Crippen LogP contribution is 2.68. The number of aliphatic hydroxyl groups excluding tert-OH is 2. The van der Waals surface area contributed by atoms with Gasteiger partial charge in [-0.15, -0.1) is 0 Å². The van der Waals surface area contributed by atoms with Gasteiger partial charge in [-0.25, -0.2) is 9.59 Å². The van der Waals surface area contributed by atoms with Gasteiger partial charge in [0.25, 0.3) is 0 Å². The normalized spacial score (nSPS) is 49.9. The molecular formula is C18H26O7Si. The summed E-state index contributed by atoms with van der Waals surface area (Å²) in [4.78, 5) is 25.5. The standard InChI is InChI=1S/C18H26O7Si/c1-9-10(19)6-11-16(2)8-23-15(22)18(16,25-26(3,4)5)12-7-17(9,11)13(20)14(21)24-12/h6,9-10,12-13,19-20H,7-8H2,1-5H3/t9-,10+,12?,13-,16?,17?,18?/m1/s1. The molecule has 4 rings (SSSR count). The summed E-state index contributed by atoms with van der Waals surface area (Å²) in [7, 11) is -2.25. The highest BCUT2D eigenvalue weighted by molar-refractivity contribution is 6.70. The minimum atomic E-state index is -2.25. The first-order chi connectivity index (χ1) is 11.9. The second-order valence-electron chi connectivity index (χ2n) is 9.29. The Morgan fingerprint density at radius 1 is 1.27 bits per heavy atom. The van der Waals surface area contributed by atoms with E-state index in [9.17, 15) is 19.8 Å². The fourth-order valence-electron chi connectivity index (χ4n) is 5.63. The van der Waals surface area contributed by atoms with Gasteiger partial charge in [-0.05, 0) is 38.1 Å². The molecule has 2 bridgehead atoms. The Kier molecular flexibility index (Phi) is 3.48. The van der Waals surface area contributed by atoms with Gasteiger partial charge in [0.2, 0.25) is 5.60 Å². The van der Waals surface area contributed by atoms with Gasteiger partial charge in [-0.3, -0.25) is 0 Å². The molecule has 0 aromatic carbocycles. The van der Waals surface area contributed by atoms with E-state index in [2.05, 4.69) is 0 Å². The SMILES string of the molecule is C[C@@H]1[C@@H](O)C=C2C13CC(OC(=O)[C@H]3O)C1(O[Si](C)(C)C)C(=O)OCC21C. The predicted octanol–water partition coefficient (Wildman–Crippen LogP) is 0.753. The quantitative estimate of drug-likeness (QED) is 0.413. The number of hydrogen-bond donors (Lipinski definition) is 2. The molecule has 4 unspecified atom stereocenters. The first-order valence-electron chi connectivity index (χ1n) is 9.07. The predicted molar refractivity (Wildman–Crippen MR) is 92.4 cm³/mol. The van der Waals surface area contributed by atoms with Crippen LogP contribution in [0.5, 0.6) is 0 Å². The van der Waals surface area contributed by atoms with Crippen LogP contribution in [0.1, 0.15) is 20.3 Å². The molecule has 4 aliphatic rings. The van der Waals surface area contributed by atoms with Gasteiger partial charge in [-0.2, -0.15) is 0 Å². The number of ether oxygens (including phenoxy) is 2. The molecule has 144 valence electrons. The zero-order valence-electron chi connectivity index (χ0n) is 15.7. The molecule has 2 N–H and O–H groups in total. The molecule has 1 saturated carbocycles. The van der Waals surface area contributed by atoms with Gasteiger partial charge in [-0.1, -0.05) is 13.0 Å². The fraction of sp³-hybridized carbons (Fsp3) is 0.778. The zero-order valence-corrected chi connectivity index (χ0v) is 16.7. The summed E-state index contributed by atoms with van der Waals surface area (Å²) in [5.74, 6) is -1.67. The van der Waals surface area contributed by atoms with Crippen molar-refractivity contribution in [3.63, 3.8) is 0 Å². The molecule has 0 radical (unpaired) electrons. The first-order valence-corrected chi connectivity index (χ1v) is 12.5. The van der Waals surface area contributed by atoms with Crippen LogP contribution in [-0.2, 0) is 23.5 Å². The van der Waals surface area contributed by atoms with E-state index in [1.54, 1.807) is 6.08 Å². The van der Waals surface area contributed by atoms with Gasteiger partial charge in [0.15, 0.2) is 14.4 Å². The summed E-state index contributed by atoms with van der Waals surface area (Å²) in [6.07, 6.45) is -1.13. The molecule has 7 atom stereocenters. The molecule has 0 amide bonds. The average molecular weight is 382 g/mol. The van der Waals surface area contributed by atoms with Crippen molar-refractivity contribution < 1.29 is 33.7 Å². The lowest BCUT2D eigenvalue weighted by Crippen LogP contribution is -2.73. The number of aliphatic hydroxyl groups is 2. The van der Waals surface area contributed by atoms with Crippen LogP contribution in [0.3, 0.4) is 0 Å². The number of rotatable bonds is 2. The van der Waals surface area contributed by atoms with Gasteiger partial charge in [0.05, 0.1) is 11.5 Å². The van der Waals surface area contributed by atoms with Crippen molar-refractivity contribution in [1.29, 1.82) is 0 Å². The number of fused-ring (bicyclic) bond motifs is 4. The Bertz CT molecular complexity index is 728. The molecule has 8 heteroatoms. The summed E-state index contributed by atoms with van der Waals surface area (Å²) in [6, 6.07) is 0. The lowest BCUT2D eigenvalue weighted by Gasteiger charge is -2.60. The molecule has 3 fully saturated rings. The molecule has 2 saturated heterocycles. The van der Waals surface area contributed by atoms with Crippen molar-refractivity contribution in [3.8, 4) is 0 Å². The van der Waals surface area contributed by atoms with E-state index in [1.165, 1.54) is 0 Å². The number of carbonyl (C=O) groups excluding carboxylic acids is 2. The molecule has 1 spiro atoms. The van der Waals surface area contributed by atoms with E-state index in [0.717, 1.165) is 0 Å². The number of carbonyl (C=O) groups is 2. The van der Waals surface area contributed by atoms with E-state index < -0.39 is 55.0 Å². The highest BCUT2D eigenvalue weighted by atomic mass is 28.4. The fourth-order valence-corrected chi connectivity index (χ4v) is 7.03. The third kappa shape index (κ3) is 1.83. The molecular weight excluding hydrogens is 356 g/mol. The lowest BCUT2D eigenvalue weighted by molar-refractivity contribution is -0.230. The minimum Gasteiger partial charge on any atom is -0.462 e. The Balaban J connectivity index is 1.99. The van der Waals surface area contributed by atoms with E-state index in [-0.39, 0.29) is 18.9 Å². The van der Waals surface area contributed by atoms with E-state index in [1.807, 2.05) is 33.5 Å². The van der Waals surface area contributed by atoms with E-state index in [4.69, 9.17) is 13.9 Å². The van der Waals surface area contributed by atoms with Crippen LogP contribution in [0.25, 0.3) is 0 Å². The Morgan fingerprint density at radius 3 is 2.54 bits per heavy atom. The highest BCUT2D eigenvalue weighted by Gasteiger charge is 2.79. The molecule has 0 aromatic heterocycles. The van der Waals surface area contributed by atoms with Crippen molar-refractivity contribution in [2.45, 2.75) is 63.8 Å². The maximum Gasteiger partial charge on any atom is 0.342 e. The average Bonchev–Trinajstić information content (AvgIpc) is 2.93. The van der Waals surface area contributed by atoms with Crippen LogP contribution in [0, 0.1) is 16.7 Å². The van der Waals surface area contributed by atoms with Crippen LogP contribution < -0.4 is 0 Å². The third-order valence-corrected chi connectivity index (χ3v) is 7.72. The van der Waals surface area contributed by atoms with Crippen molar-refractivity contribution in [3.05, 3.63) is 11.6 Å². The second kappa shape index (κ2) is 4.98. The summed E-state index contributed by atoms with van der Waals surface area (Å²) >= 11 is 0. The Hall–Kier alpha value is -1.22. The monoisotopic (exact) mass is 382 g/mol. The maximum absolute atomic E-state index is 13.0. The number of hydrogen-bond acceptors (Lipinski definition) is 7. The van der Waals surface area contributed by atoms with Crippen LogP contribution in [-0.4, -0.2) is 61.0 Å². The molecule has 7 nitrogen and oxygen atoms in total. The van der Waals surface area contributed by atoms with Gasteiger partial charge < -0.3 is 24.1 Å². The van der Waals surface area contributed by atoms with Crippen LogP contribution in [0.15, 0.2) is 11.6 Å². The summed E-state index contributed by atoms with van der Waals surface area (Å²) in [6.45, 7) is 9.66. The van der Waals surface area contributed by atoms with Crippen molar-refractivity contribution in [2.24, 2.45) is 16.7 Å². The molecule has 2 aliphatic carbocycles. The molecule has 0 aromatic rings. The van der Waals surface area contributed by atoms with Crippen molar-refractivity contribution in [1.82, 2.24) is 0 Å². The second-order valence-corrected chi connectivity index (χ2v) is 13.7. The Morgan fingerprint density at radius 2 is 1.92 bits per heavy atom. The van der Waals surface area contributed by atoms with Gasteiger partial charge in [0, 0.05) is 11.8 Å². The lowest BCUT2D eigenvalue weighted by atomic mass is 9.49. The smallest absolute Gasteiger partial charge is 0.342 e. The van der Waals surface area contributed by atoms with E-state index >= 15 is 0 Å². The van der Waals surface area contributed by atoms with Gasteiger partial charge in [0.1, 0.15) is 12.7 Å². The van der Waals surface area contributed by atoms with Gasteiger partial charge >= 0.3 is 11.9 Å². The van der Waals surface area contributed by atoms with Crippen LogP contribution in [0.2, 0.25) is 19.6 Å². The number of esters is 2. The summed E-state index contributed by atoms with van der Waals surface area (Å²) in [5.41, 5.74) is -2.63. The third-order valence-electron chi connectivity index (χ3n) is 6.79. The first kappa shape index (κ1) is 18.2. The minimum absolute atomic E-state index is 0.0735. The Labute approximate surface area is 153 Å². The van der Waals surface area contributed by atoms with Crippen LogP contribution in [0.4, 0.5) is 0 Å². The summed E-state index contributed by atoms with van der Waals surface area (Å²) in [5, 5.41) is 21.3. The zero-order chi connectivity index (χ0) is 19.3. The largest absolute Gasteiger partial charge is 0.462 e. The topological polar surface area (TPSA) is 102 Å².